The van der Waals surface area contributed by atoms with Crippen molar-refractivity contribution in [2.75, 3.05) is 19.5 Å². The Labute approximate surface area is 105 Å². The molecule has 1 fully saturated rings. The number of hydrogen-bond acceptors (Lipinski definition) is 4. The normalized spacial score (nSPS) is 22.2. The molecule has 5 heteroatoms. The molecule has 1 aliphatic carbocycles. The molecule has 0 radical (unpaired) electrons. The number of methoxy groups -OCH3 is 2. The van der Waals surface area contributed by atoms with Crippen LogP contribution in [0.4, 0.5) is 10.1 Å². The lowest BCUT2D eigenvalue weighted by molar-refractivity contribution is 0.0328. The predicted octanol–water partition coefficient (Wildman–Crippen LogP) is 2.20. The predicted molar refractivity (Wildman–Crippen MR) is 65.2 cm³/mol. The van der Waals surface area contributed by atoms with E-state index in [0.717, 1.165) is 12.8 Å². The quantitative estimate of drug-likeness (QED) is 0.836. The first-order valence-corrected chi connectivity index (χ1v) is 5.81. The summed E-state index contributed by atoms with van der Waals surface area (Å²) in [6.07, 6.45) is 2.03. The second-order valence-corrected chi connectivity index (χ2v) is 4.35. The Kier molecular flexibility index (Phi) is 3.81. The van der Waals surface area contributed by atoms with Crippen molar-refractivity contribution in [2.45, 2.75) is 25.0 Å². The van der Waals surface area contributed by atoms with Crippen LogP contribution in [-0.4, -0.2) is 32.3 Å². The van der Waals surface area contributed by atoms with Crippen LogP contribution in [0.3, 0.4) is 0 Å². The van der Waals surface area contributed by atoms with E-state index in [9.17, 15) is 9.18 Å². The average Bonchev–Trinajstić information content (AvgIpc) is 2.33. The Morgan fingerprint density at radius 1 is 1.39 bits per heavy atom. The number of hydrogen-bond donors (Lipinski definition) is 1. The van der Waals surface area contributed by atoms with Gasteiger partial charge in [0.15, 0.2) is 0 Å². The van der Waals surface area contributed by atoms with Gasteiger partial charge in [0, 0.05) is 18.8 Å². The van der Waals surface area contributed by atoms with Crippen LogP contribution in [0.15, 0.2) is 18.2 Å². The Balaban J connectivity index is 2.10. The summed E-state index contributed by atoms with van der Waals surface area (Å²) in [5.74, 6) is -0.996. The SMILES string of the molecule is COC(=O)c1cc(F)ccc1NC1CC(OC)C1. The number of ether oxygens (including phenoxy) is 2. The van der Waals surface area contributed by atoms with Gasteiger partial charge < -0.3 is 14.8 Å². The van der Waals surface area contributed by atoms with Crippen LogP contribution < -0.4 is 5.32 Å². The summed E-state index contributed by atoms with van der Waals surface area (Å²) in [6, 6.07) is 4.31. The van der Waals surface area contributed by atoms with Crippen LogP contribution in [0, 0.1) is 5.82 Å². The van der Waals surface area contributed by atoms with Crippen LogP contribution in [0.5, 0.6) is 0 Å². The van der Waals surface area contributed by atoms with E-state index >= 15 is 0 Å². The van der Waals surface area contributed by atoms with Crippen molar-refractivity contribution in [1.82, 2.24) is 0 Å². The highest BCUT2D eigenvalue weighted by Crippen LogP contribution is 2.28. The number of carbonyl (C=O) groups is 1. The molecule has 1 saturated carbocycles. The van der Waals surface area contributed by atoms with E-state index in [1.165, 1.54) is 19.2 Å². The van der Waals surface area contributed by atoms with Crippen LogP contribution in [-0.2, 0) is 9.47 Å². The maximum absolute atomic E-state index is 13.1. The molecule has 0 saturated heterocycles. The number of benzene rings is 1. The zero-order valence-corrected chi connectivity index (χ0v) is 10.4. The fraction of sp³-hybridized carbons (Fsp3) is 0.462. The molecule has 0 heterocycles. The Hall–Kier alpha value is -1.62. The molecule has 0 aliphatic heterocycles. The number of anilines is 1. The Morgan fingerprint density at radius 2 is 2.11 bits per heavy atom. The monoisotopic (exact) mass is 253 g/mol. The van der Waals surface area contributed by atoms with Crippen molar-refractivity contribution in [3.05, 3.63) is 29.6 Å². The summed E-state index contributed by atoms with van der Waals surface area (Å²) in [7, 11) is 2.96. The molecular formula is C13H16FNO3. The molecule has 0 unspecified atom stereocenters. The van der Waals surface area contributed by atoms with Gasteiger partial charge in [-0.05, 0) is 31.0 Å². The highest BCUT2D eigenvalue weighted by atomic mass is 19.1. The molecule has 0 amide bonds. The molecule has 0 spiro atoms. The molecular weight excluding hydrogens is 237 g/mol. The lowest BCUT2D eigenvalue weighted by atomic mass is 9.89. The van der Waals surface area contributed by atoms with Gasteiger partial charge >= 0.3 is 5.97 Å². The molecule has 98 valence electrons. The minimum absolute atomic E-state index is 0.221. The van der Waals surface area contributed by atoms with E-state index in [1.807, 2.05) is 0 Å². The van der Waals surface area contributed by atoms with E-state index in [4.69, 9.17) is 4.74 Å². The van der Waals surface area contributed by atoms with Gasteiger partial charge in [0.25, 0.3) is 0 Å². The number of carbonyl (C=O) groups excluding carboxylic acids is 1. The zero-order chi connectivity index (χ0) is 13.1. The fourth-order valence-electron chi connectivity index (χ4n) is 2.02. The van der Waals surface area contributed by atoms with E-state index in [-0.39, 0.29) is 17.7 Å². The van der Waals surface area contributed by atoms with E-state index in [1.54, 1.807) is 13.2 Å². The van der Waals surface area contributed by atoms with Crippen molar-refractivity contribution < 1.29 is 18.7 Å². The molecule has 1 N–H and O–H groups in total. The summed E-state index contributed by atoms with van der Waals surface area (Å²) < 4.78 is 23.0. The van der Waals surface area contributed by atoms with Gasteiger partial charge in [-0.2, -0.15) is 0 Å². The van der Waals surface area contributed by atoms with Gasteiger partial charge in [0.05, 0.1) is 18.8 Å². The lowest BCUT2D eigenvalue weighted by Crippen LogP contribution is -2.40. The molecule has 0 atom stereocenters. The highest BCUT2D eigenvalue weighted by molar-refractivity contribution is 5.95. The lowest BCUT2D eigenvalue weighted by Gasteiger charge is -2.35. The minimum atomic E-state index is -0.542. The third-order valence-electron chi connectivity index (χ3n) is 3.17. The van der Waals surface area contributed by atoms with Gasteiger partial charge in [-0.25, -0.2) is 9.18 Å². The average molecular weight is 253 g/mol. The molecule has 4 nitrogen and oxygen atoms in total. The van der Waals surface area contributed by atoms with Crippen molar-refractivity contribution in [3.63, 3.8) is 0 Å². The number of rotatable bonds is 4. The topological polar surface area (TPSA) is 47.6 Å². The molecule has 0 aromatic heterocycles. The Morgan fingerprint density at radius 3 is 2.72 bits per heavy atom. The summed E-state index contributed by atoms with van der Waals surface area (Å²) in [4.78, 5) is 11.5. The van der Waals surface area contributed by atoms with Gasteiger partial charge in [-0.3, -0.25) is 0 Å². The van der Waals surface area contributed by atoms with Crippen LogP contribution >= 0.6 is 0 Å². The summed E-state index contributed by atoms with van der Waals surface area (Å²) >= 11 is 0. The summed E-state index contributed by atoms with van der Waals surface area (Å²) in [6.45, 7) is 0. The first-order valence-electron chi connectivity index (χ1n) is 5.81. The van der Waals surface area contributed by atoms with Crippen molar-refractivity contribution >= 4 is 11.7 Å². The van der Waals surface area contributed by atoms with Gasteiger partial charge in [-0.15, -0.1) is 0 Å². The third kappa shape index (κ3) is 2.61. The number of nitrogens with one attached hydrogen (secondary N) is 1. The van der Waals surface area contributed by atoms with Crippen LogP contribution in [0.25, 0.3) is 0 Å². The second kappa shape index (κ2) is 5.35. The van der Waals surface area contributed by atoms with Crippen LogP contribution in [0.2, 0.25) is 0 Å². The van der Waals surface area contributed by atoms with E-state index < -0.39 is 11.8 Å². The smallest absolute Gasteiger partial charge is 0.340 e. The fourth-order valence-corrected chi connectivity index (χ4v) is 2.02. The Bertz CT molecular complexity index is 444. The zero-order valence-electron chi connectivity index (χ0n) is 10.4. The summed E-state index contributed by atoms with van der Waals surface area (Å²) in [5.41, 5.74) is 0.821. The van der Waals surface area contributed by atoms with Crippen LogP contribution in [0.1, 0.15) is 23.2 Å². The second-order valence-electron chi connectivity index (χ2n) is 4.35. The van der Waals surface area contributed by atoms with Gasteiger partial charge in [0.2, 0.25) is 0 Å². The maximum atomic E-state index is 13.1. The molecule has 1 aliphatic rings. The maximum Gasteiger partial charge on any atom is 0.340 e. The van der Waals surface area contributed by atoms with E-state index in [2.05, 4.69) is 10.1 Å². The number of halogens is 1. The van der Waals surface area contributed by atoms with Crippen molar-refractivity contribution in [2.24, 2.45) is 0 Å². The first-order chi connectivity index (χ1) is 8.63. The first kappa shape index (κ1) is 12.8. The molecule has 0 bridgehead atoms. The van der Waals surface area contributed by atoms with Gasteiger partial charge in [-0.1, -0.05) is 0 Å². The largest absolute Gasteiger partial charge is 0.465 e. The third-order valence-corrected chi connectivity index (χ3v) is 3.17. The molecule has 2 rings (SSSR count). The summed E-state index contributed by atoms with van der Waals surface area (Å²) in [5, 5.41) is 3.21. The highest BCUT2D eigenvalue weighted by Gasteiger charge is 2.29. The van der Waals surface area contributed by atoms with Gasteiger partial charge in [0.1, 0.15) is 5.82 Å². The standard InChI is InChI=1S/C13H16FNO3/c1-17-10-6-9(7-10)15-12-4-3-8(14)5-11(12)13(16)18-2/h3-5,9-10,15H,6-7H2,1-2H3. The van der Waals surface area contributed by atoms with E-state index in [0.29, 0.717) is 5.69 Å². The van der Waals surface area contributed by atoms with Crippen molar-refractivity contribution in [3.8, 4) is 0 Å². The van der Waals surface area contributed by atoms with Crippen molar-refractivity contribution in [1.29, 1.82) is 0 Å². The number of esters is 1. The molecule has 1 aromatic carbocycles. The molecule has 1 aromatic rings. The minimum Gasteiger partial charge on any atom is -0.465 e. The molecule has 18 heavy (non-hydrogen) atoms.